The van der Waals surface area contributed by atoms with Gasteiger partial charge in [0, 0.05) is 24.3 Å². The number of rotatable bonds is 3. The molecule has 4 nitrogen and oxygen atoms in total. The Morgan fingerprint density at radius 3 is 2.48 bits per heavy atom. The molecule has 0 bridgehead atoms. The molecule has 1 N–H and O–H groups in total. The second-order valence-electron chi connectivity index (χ2n) is 7.12. The zero-order valence-corrected chi connectivity index (χ0v) is 15.9. The number of thiophene rings is 1. The normalized spacial score (nSPS) is 27.4. The van der Waals surface area contributed by atoms with Crippen molar-refractivity contribution in [3.8, 4) is 0 Å². The van der Waals surface area contributed by atoms with Gasteiger partial charge in [0.15, 0.2) is 11.6 Å². The van der Waals surface area contributed by atoms with Crippen LogP contribution in [0, 0.1) is 5.92 Å². The highest BCUT2D eigenvalue weighted by atomic mass is 32.1. The van der Waals surface area contributed by atoms with Crippen LogP contribution in [0.25, 0.3) is 0 Å². The quantitative estimate of drug-likeness (QED) is 0.734. The summed E-state index contributed by atoms with van der Waals surface area (Å²) in [5, 5.41) is 12.4. The molecule has 8 heteroatoms. The Hall–Kier alpha value is -2.45. The average Bonchev–Trinajstić information content (AvgIpc) is 3.21. The minimum atomic E-state index is -5.24. The Bertz CT molecular complexity index is 966. The Morgan fingerprint density at radius 2 is 1.86 bits per heavy atom. The third-order valence-corrected chi connectivity index (χ3v) is 6.25. The molecule has 3 unspecified atom stereocenters. The van der Waals surface area contributed by atoms with Gasteiger partial charge in [-0.1, -0.05) is 36.4 Å². The van der Waals surface area contributed by atoms with E-state index < -0.39 is 29.6 Å². The molecule has 1 aromatic heterocycles. The highest BCUT2D eigenvalue weighted by Gasteiger charge is 2.69. The summed E-state index contributed by atoms with van der Waals surface area (Å²) in [7, 11) is 0. The molecule has 1 aliphatic carbocycles. The molecule has 0 saturated heterocycles. The number of hydrogen-bond acceptors (Lipinski definition) is 5. The number of alkyl halides is 3. The molecule has 2 aromatic rings. The van der Waals surface area contributed by atoms with E-state index in [0.717, 1.165) is 11.3 Å². The zero-order valence-electron chi connectivity index (χ0n) is 15.1. The first-order valence-corrected chi connectivity index (χ1v) is 9.99. The minimum absolute atomic E-state index is 0.0614. The summed E-state index contributed by atoms with van der Waals surface area (Å²) in [5.41, 5.74) is 0.419. The van der Waals surface area contributed by atoms with Gasteiger partial charge in [0.1, 0.15) is 11.7 Å². The van der Waals surface area contributed by atoms with Crippen molar-refractivity contribution in [3.63, 3.8) is 0 Å². The van der Waals surface area contributed by atoms with Crippen LogP contribution in [0.4, 0.5) is 13.2 Å². The van der Waals surface area contributed by atoms with Crippen LogP contribution in [0.5, 0.6) is 0 Å². The molecule has 2 aliphatic rings. The maximum Gasteiger partial charge on any atom is 0.456 e. The summed E-state index contributed by atoms with van der Waals surface area (Å²) < 4.78 is 47.3. The number of ketones is 2. The summed E-state index contributed by atoms with van der Waals surface area (Å²) in [6.07, 6.45) is -4.65. The summed E-state index contributed by atoms with van der Waals surface area (Å²) in [5.74, 6) is -8.46. The summed E-state index contributed by atoms with van der Waals surface area (Å²) >= 11 is 0.979. The molecule has 152 valence electrons. The van der Waals surface area contributed by atoms with E-state index in [0.29, 0.717) is 12.0 Å². The topological polar surface area (TPSA) is 63.6 Å². The van der Waals surface area contributed by atoms with Crippen LogP contribution >= 0.6 is 11.3 Å². The van der Waals surface area contributed by atoms with Crippen molar-refractivity contribution >= 4 is 22.9 Å². The molecule has 0 spiro atoms. The first kappa shape index (κ1) is 19.8. The maximum atomic E-state index is 14.1. The van der Waals surface area contributed by atoms with Crippen molar-refractivity contribution in [2.45, 2.75) is 37.1 Å². The van der Waals surface area contributed by atoms with Gasteiger partial charge in [-0.25, -0.2) is 0 Å². The molecule has 3 atom stereocenters. The zero-order chi connectivity index (χ0) is 20.8. The van der Waals surface area contributed by atoms with Gasteiger partial charge in [-0.2, -0.15) is 13.2 Å². The standard InChI is InChI=1S/C21H17F3O4S/c22-21(23,24)20(27)18(19(26)15-10-5-11-29-15)16(12-6-2-1-3-7-12)17-13(25)8-4-9-14(17)28-20/h1-3,5-7,10-11,16,18,27H,4,8-9H2. The predicted molar refractivity (Wildman–Crippen MR) is 99.3 cm³/mol. The van der Waals surface area contributed by atoms with E-state index in [2.05, 4.69) is 0 Å². The lowest BCUT2D eigenvalue weighted by Crippen LogP contribution is -2.60. The van der Waals surface area contributed by atoms with Crippen LogP contribution in [0.2, 0.25) is 0 Å². The second-order valence-corrected chi connectivity index (χ2v) is 8.07. The highest BCUT2D eigenvalue weighted by molar-refractivity contribution is 7.12. The van der Waals surface area contributed by atoms with Gasteiger partial charge in [-0.05, 0) is 23.4 Å². The van der Waals surface area contributed by atoms with Crippen LogP contribution < -0.4 is 0 Å². The molecule has 0 radical (unpaired) electrons. The Morgan fingerprint density at radius 1 is 1.14 bits per heavy atom. The number of aliphatic hydroxyl groups is 1. The third-order valence-electron chi connectivity index (χ3n) is 5.36. The number of ether oxygens (including phenoxy) is 1. The largest absolute Gasteiger partial charge is 0.457 e. The monoisotopic (exact) mass is 422 g/mol. The Labute approximate surface area is 168 Å². The fourth-order valence-electron chi connectivity index (χ4n) is 4.09. The van der Waals surface area contributed by atoms with Crippen LogP contribution in [0.1, 0.15) is 40.4 Å². The van der Waals surface area contributed by atoms with Gasteiger partial charge < -0.3 is 9.84 Å². The van der Waals surface area contributed by atoms with Gasteiger partial charge in [0.2, 0.25) is 0 Å². The van der Waals surface area contributed by atoms with E-state index in [1.165, 1.54) is 6.07 Å². The Kier molecular flexibility index (Phi) is 4.86. The molecular weight excluding hydrogens is 405 g/mol. The number of halogens is 3. The fourth-order valence-corrected chi connectivity index (χ4v) is 4.79. The average molecular weight is 422 g/mol. The van der Waals surface area contributed by atoms with E-state index in [9.17, 15) is 27.9 Å². The number of benzene rings is 1. The van der Waals surface area contributed by atoms with Crippen molar-refractivity contribution in [1.82, 2.24) is 0 Å². The molecule has 29 heavy (non-hydrogen) atoms. The molecule has 0 amide bonds. The molecule has 0 saturated carbocycles. The van der Waals surface area contributed by atoms with E-state index in [-0.39, 0.29) is 34.8 Å². The van der Waals surface area contributed by atoms with E-state index in [4.69, 9.17) is 4.74 Å². The van der Waals surface area contributed by atoms with Crippen molar-refractivity contribution in [2.24, 2.45) is 5.92 Å². The summed E-state index contributed by atoms with van der Waals surface area (Å²) in [6, 6.07) is 11.0. The van der Waals surface area contributed by atoms with E-state index >= 15 is 0 Å². The van der Waals surface area contributed by atoms with Gasteiger partial charge in [-0.3, -0.25) is 9.59 Å². The lowest BCUT2D eigenvalue weighted by Gasteiger charge is -2.46. The number of hydrogen-bond donors (Lipinski definition) is 1. The van der Waals surface area contributed by atoms with Crippen molar-refractivity contribution in [1.29, 1.82) is 0 Å². The lowest BCUT2D eigenvalue weighted by molar-refractivity contribution is -0.374. The molecular formula is C21H17F3O4S. The van der Waals surface area contributed by atoms with Crippen LogP contribution in [0.3, 0.4) is 0 Å². The number of carbonyl (C=O) groups excluding carboxylic acids is 2. The summed E-state index contributed by atoms with van der Waals surface area (Å²) in [6.45, 7) is 0. The van der Waals surface area contributed by atoms with Crippen molar-refractivity contribution in [2.75, 3.05) is 0 Å². The smallest absolute Gasteiger partial charge is 0.456 e. The first-order chi connectivity index (χ1) is 13.7. The van der Waals surface area contributed by atoms with Gasteiger partial charge >= 0.3 is 12.0 Å². The van der Waals surface area contributed by atoms with Crippen molar-refractivity contribution in [3.05, 3.63) is 69.6 Å². The van der Waals surface area contributed by atoms with Crippen molar-refractivity contribution < 1.29 is 32.6 Å². The minimum Gasteiger partial charge on any atom is -0.457 e. The van der Waals surface area contributed by atoms with Crippen LogP contribution in [-0.2, 0) is 9.53 Å². The molecule has 0 fully saturated rings. The number of Topliss-reactive ketones (excluding diaryl/α,β-unsaturated/α-hetero) is 2. The molecule has 1 aliphatic heterocycles. The van der Waals surface area contributed by atoms with Crippen LogP contribution in [-0.4, -0.2) is 28.6 Å². The third kappa shape index (κ3) is 3.20. The van der Waals surface area contributed by atoms with E-state index in [1.807, 2.05) is 0 Å². The molecule has 1 aromatic carbocycles. The van der Waals surface area contributed by atoms with E-state index in [1.54, 1.807) is 41.8 Å². The van der Waals surface area contributed by atoms with Gasteiger partial charge in [-0.15, -0.1) is 11.3 Å². The summed E-state index contributed by atoms with van der Waals surface area (Å²) in [4.78, 5) is 26.0. The molecule has 2 heterocycles. The molecule has 4 rings (SSSR count). The van der Waals surface area contributed by atoms with Gasteiger partial charge in [0.25, 0.3) is 0 Å². The highest BCUT2D eigenvalue weighted by Crippen LogP contribution is 2.54. The van der Waals surface area contributed by atoms with Crippen LogP contribution in [0.15, 0.2) is 59.2 Å². The number of allylic oxidation sites excluding steroid dienone is 2. The lowest BCUT2D eigenvalue weighted by atomic mass is 9.68. The maximum absolute atomic E-state index is 14.1. The SMILES string of the molecule is O=C1CCCC2=C1C(c1ccccc1)C(C(=O)c1cccs1)C(O)(C(F)(F)F)O2. The van der Waals surface area contributed by atoms with Gasteiger partial charge in [0.05, 0.1) is 4.88 Å². The second kappa shape index (κ2) is 7.11. The first-order valence-electron chi connectivity index (χ1n) is 9.11. The predicted octanol–water partition coefficient (Wildman–Crippen LogP) is 4.62. The Balaban J connectivity index is 1.98. The number of carbonyl (C=O) groups is 2. The fraction of sp³-hybridized carbons (Fsp3) is 0.333.